The molecular formula is C11H12FN. The molecule has 0 N–H and O–H groups in total. The molecule has 0 saturated heterocycles. The van der Waals surface area contributed by atoms with Crippen LogP contribution >= 0.6 is 0 Å². The van der Waals surface area contributed by atoms with Gasteiger partial charge in [0.25, 0.3) is 0 Å². The van der Waals surface area contributed by atoms with E-state index in [1.54, 1.807) is 6.07 Å². The van der Waals surface area contributed by atoms with Crippen LogP contribution in [0.5, 0.6) is 0 Å². The summed E-state index contributed by atoms with van der Waals surface area (Å²) in [4.78, 5) is 4.32. The Balaban J connectivity index is 2.70. The lowest BCUT2D eigenvalue weighted by Crippen LogP contribution is -2.13. The Labute approximate surface area is 77.3 Å². The number of rotatable bonds is 0. The third-order valence-corrected chi connectivity index (χ3v) is 2.54. The third-order valence-electron chi connectivity index (χ3n) is 2.54. The fourth-order valence-corrected chi connectivity index (χ4v) is 1.90. The van der Waals surface area contributed by atoms with E-state index in [0.717, 1.165) is 35.4 Å². The second kappa shape index (κ2) is 2.95. The van der Waals surface area contributed by atoms with Gasteiger partial charge in [-0.05, 0) is 37.5 Å². The summed E-state index contributed by atoms with van der Waals surface area (Å²) in [5, 5.41) is 0. The van der Waals surface area contributed by atoms with Crippen molar-refractivity contribution in [2.24, 2.45) is 4.99 Å². The van der Waals surface area contributed by atoms with Crippen molar-refractivity contribution in [2.45, 2.75) is 20.3 Å². The maximum Gasteiger partial charge on any atom is 0.127 e. The van der Waals surface area contributed by atoms with E-state index in [-0.39, 0.29) is 5.82 Å². The van der Waals surface area contributed by atoms with Gasteiger partial charge < -0.3 is 0 Å². The number of hydrogen-bond acceptors (Lipinski definition) is 1. The highest BCUT2D eigenvalue weighted by Gasteiger charge is 2.16. The Hall–Kier alpha value is -1.18. The Morgan fingerprint density at radius 1 is 1.31 bits per heavy atom. The SMILES string of the molecule is CC1=NCCc2c(F)ccc(C)c21. The molecule has 1 nitrogen and oxygen atoms in total. The molecule has 1 aromatic rings. The minimum Gasteiger partial charge on any atom is -0.289 e. The maximum absolute atomic E-state index is 13.4. The summed E-state index contributed by atoms with van der Waals surface area (Å²) in [7, 11) is 0. The normalized spacial score (nSPS) is 15.2. The number of nitrogens with zero attached hydrogens (tertiary/aromatic N) is 1. The van der Waals surface area contributed by atoms with Crippen molar-refractivity contribution >= 4 is 5.71 Å². The van der Waals surface area contributed by atoms with Gasteiger partial charge in [-0.3, -0.25) is 4.99 Å². The van der Waals surface area contributed by atoms with E-state index < -0.39 is 0 Å². The quantitative estimate of drug-likeness (QED) is 0.577. The number of hydrogen-bond donors (Lipinski definition) is 0. The van der Waals surface area contributed by atoms with Gasteiger partial charge in [0.1, 0.15) is 5.82 Å². The molecule has 0 amide bonds. The van der Waals surface area contributed by atoms with Crippen LogP contribution in [-0.4, -0.2) is 12.3 Å². The second-order valence-electron chi connectivity index (χ2n) is 3.43. The Bertz CT molecular complexity index is 380. The minimum absolute atomic E-state index is 0.0881. The third kappa shape index (κ3) is 1.26. The van der Waals surface area contributed by atoms with Crippen LogP contribution in [0.3, 0.4) is 0 Å². The van der Waals surface area contributed by atoms with Gasteiger partial charge in [-0.2, -0.15) is 0 Å². The van der Waals surface area contributed by atoms with E-state index in [9.17, 15) is 4.39 Å². The molecule has 1 aliphatic rings. The van der Waals surface area contributed by atoms with E-state index in [4.69, 9.17) is 0 Å². The molecule has 0 aromatic heterocycles. The fraction of sp³-hybridized carbons (Fsp3) is 0.364. The lowest BCUT2D eigenvalue weighted by Gasteiger charge is -2.17. The largest absolute Gasteiger partial charge is 0.289 e. The molecule has 0 spiro atoms. The van der Waals surface area contributed by atoms with Gasteiger partial charge >= 0.3 is 0 Å². The molecule has 68 valence electrons. The summed E-state index contributed by atoms with van der Waals surface area (Å²) in [6.45, 7) is 4.67. The van der Waals surface area contributed by atoms with Gasteiger partial charge in [-0.25, -0.2) is 4.39 Å². The topological polar surface area (TPSA) is 12.4 Å². The summed E-state index contributed by atoms with van der Waals surface area (Å²) in [6.07, 6.45) is 0.736. The number of halogens is 1. The molecule has 2 heteroatoms. The predicted octanol–water partition coefficient (Wildman–Crippen LogP) is 2.50. The molecule has 0 fully saturated rings. The number of benzene rings is 1. The molecule has 0 saturated carbocycles. The smallest absolute Gasteiger partial charge is 0.127 e. The van der Waals surface area contributed by atoms with Crippen molar-refractivity contribution < 1.29 is 4.39 Å². The highest BCUT2D eigenvalue weighted by atomic mass is 19.1. The van der Waals surface area contributed by atoms with Gasteiger partial charge in [-0.1, -0.05) is 6.07 Å². The number of aryl methyl sites for hydroxylation is 1. The number of aliphatic imine (C=N–C) groups is 1. The number of fused-ring (bicyclic) bond motifs is 1. The molecule has 1 heterocycles. The van der Waals surface area contributed by atoms with Crippen molar-refractivity contribution in [1.29, 1.82) is 0 Å². The highest BCUT2D eigenvalue weighted by Crippen LogP contribution is 2.22. The summed E-state index contributed by atoms with van der Waals surface area (Å²) in [6, 6.07) is 3.37. The van der Waals surface area contributed by atoms with Gasteiger partial charge in [0, 0.05) is 17.8 Å². The Kier molecular flexibility index (Phi) is 1.91. The molecule has 1 aliphatic heterocycles. The fourth-order valence-electron chi connectivity index (χ4n) is 1.90. The minimum atomic E-state index is -0.0881. The van der Waals surface area contributed by atoms with Crippen LogP contribution in [0.2, 0.25) is 0 Å². The first-order chi connectivity index (χ1) is 6.20. The molecule has 0 unspecified atom stereocenters. The molecule has 1 aromatic carbocycles. The molecule has 0 atom stereocenters. The average Bonchev–Trinajstić information content (AvgIpc) is 2.12. The van der Waals surface area contributed by atoms with E-state index in [2.05, 4.69) is 4.99 Å². The first-order valence-corrected chi connectivity index (χ1v) is 4.49. The lowest BCUT2D eigenvalue weighted by molar-refractivity contribution is 0.607. The first kappa shape index (κ1) is 8.42. The zero-order valence-electron chi connectivity index (χ0n) is 7.89. The summed E-state index contributed by atoms with van der Waals surface area (Å²) in [5.74, 6) is -0.0881. The lowest BCUT2D eigenvalue weighted by atomic mass is 9.94. The predicted molar refractivity (Wildman–Crippen MR) is 51.9 cm³/mol. The van der Waals surface area contributed by atoms with Crippen LogP contribution in [-0.2, 0) is 6.42 Å². The monoisotopic (exact) mass is 177 g/mol. The van der Waals surface area contributed by atoms with Crippen LogP contribution < -0.4 is 0 Å². The zero-order chi connectivity index (χ0) is 9.42. The first-order valence-electron chi connectivity index (χ1n) is 4.49. The van der Waals surface area contributed by atoms with Crippen molar-refractivity contribution in [3.05, 3.63) is 34.6 Å². The second-order valence-corrected chi connectivity index (χ2v) is 3.43. The Morgan fingerprint density at radius 2 is 2.08 bits per heavy atom. The van der Waals surface area contributed by atoms with Gasteiger partial charge in [0.15, 0.2) is 0 Å². The molecule has 13 heavy (non-hydrogen) atoms. The van der Waals surface area contributed by atoms with Crippen molar-refractivity contribution in [3.8, 4) is 0 Å². The van der Waals surface area contributed by atoms with Gasteiger partial charge in [0.2, 0.25) is 0 Å². The summed E-state index contributed by atoms with van der Waals surface area (Å²) >= 11 is 0. The highest BCUT2D eigenvalue weighted by molar-refractivity contribution is 6.02. The van der Waals surface area contributed by atoms with Crippen LogP contribution in [0.15, 0.2) is 17.1 Å². The van der Waals surface area contributed by atoms with E-state index in [1.165, 1.54) is 0 Å². The van der Waals surface area contributed by atoms with Crippen LogP contribution in [0.1, 0.15) is 23.6 Å². The Morgan fingerprint density at radius 3 is 2.77 bits per heavy atom. The van der Waals surface area contributed by atoms with Crippen molar-refractivity contribution in [2.75, 3.05) is 6.54 Å². The van der Waals surface area contributed by atoms with Crippen LogP contribution in [0, 0.1) is 12.7 Å². The molecule has 0 aliphatic carbocycles. The van der Waals surface area contributed by atoms with Gasteiger partial charge in [-0.15, -0.1) is 0 Å². The van der Waals surface area contributed by atoms with Crippen LogP contribution in [0.25, 0.3) is 0 Å². The van der Waals surface area contributed by atoms with Crippen molar-refractivity contribution in [1.82, 2.24) is 0 Å². The standard InChI is InChI=1S/C11H12FN/c1-7-3-4-10(12)9-5-6-13-8(2)11(7)9/h3-4H,5-6H2,1-2H3. The summed E-state index contributed by atoms with van der Waals surface area (Å²) < 4.78 is 13.4. The zero-order valence-corrected chi connectivity index (χ0v) is 7.89. The average molecular weight is 177 g/mol. The van der Waals surface area contributed by atoms with E-state index in [1.807, 2.05) is 19.9 Å². The molecule has 0 radical (unpaired) electrons. The van der Waals surface area contributed by atoms with E-state index in [0.29, 0.717) is 0 Å². The maximum atomic E-state index is 13.4. The van der Waals surface area contributed by atoms with Crippen LogP contribution in [0.4, 0.5) is 4.39 Å². The molecule has 2 rings (SSSR count). The van der Waals surface area contributed by atoms with Gasteiger partial charge in [0.05, 0.1) is 0 Å². The molecular weight excluding hydrogens is 165 g/mol. The summed E-state index contributed by atoms with van der Waals surface area (Å²) in [5.41, 5.74) is 3.95. The van der Waals surface area contributed by atoms with Crippen molar-refractivity contribution in [3.63, 3.8) is 0 Å². The van der Waals surface area contributed by atoms with E-state index >= 15 is 0 Å². The molecule has 0 bridgehead atoms.